The highest BCUT2D eigenvalue weighted by molar-refractivity contribution is 5.59. The van der Waals surface area contributed by atoms with Crippen LogP contribution in [-0.2, 0) is 6.54 Å². The Balaban J connectivity index is 1.66. The smallest absolute Gasteiger partial charge is 0.142 e. The van der Waals surface area contributed by atoms with Crippen molar-refractivity contribution in [2.75, 3.05) is 25.0 Å². The van der Waals surface area contributed by atoms with Crippen molar-refractivity contribution in [2.45, 2.75) is 39.3 Å². The van der Waals surface area contributed by atoms with Gasteiger partial charge in [-0.25, -0.2) is 0 Å². The number of benzene rings is 1. The van der Waals surface area contributed by atoms with E-state index < -0.39 is 0 Å². The lowest BCUT2D eigenvalue weighted by Crippen LogP contribution is -2.32. The summed E-state index contributed by atoms with van der Waals surface area (Å²) in [6.07, 6.45) is 2.94. The second-order valence-electron chi connectivity index (χ2n) is 6.10. The third kappa shape index (κ3) is 3.03. The van der Waals surface area contributed by atoms with Crippen molar-refractivity contribution in [2.24, 2.45) is 5.92 Å². The normalized spacial score (nSPS) is 24.4. The van der Waals surface area contributed by atoms with E-state index in [0.29, 0.717) is 0 Å². The molecule has 104 valence electrons. The van der Waals surface area contributed by atoms with Crippen LogP contribution < -0.4 is 10.1 Å². The Morgan fingerprint density at radius 1 is 1.26 bits per heavy atom. The summed E-state index contributed by atoms with van der Waals surface area (Å²) < 4.78 is 5.81. The maximum Gasteiger partial charge on any atom is 0.142 e. The summed E-state index contributed by atoms with van der Waals surface area (Å²) in [5.41, 5.74) is 2.54. The van der Waals surface area contributed by atoms with Crippen molar-refractivity contribution in [3.63, 3.8) is 0 Å². The maximum atomic E-state index is 5.81. The quantitative estimate of drug-likeness (QED) is 0.884. The fourth-order valence-corrected chi connectivity index (χ4v) is 2.91. The molecule has 3 rings (SSSR count). The first kappa shape index (κ1) is 12.8. The minimum Gasteiger partial charge on any atom is -0.487 e. The van der Waals surface area contributed by atoms with Gasteiger partial charge in [-0.1, -0.05) is 13.0 Å². The first-order valence-corrected chi connectivity index (χ1v) is 7.46. The monoisotopic (exact) mass is 260 g/mol. The molecule has 1 aromatic carbocycles. The Morgan fingerprint density at radius 2 is 2.05 bits per heavy atom. The standard InChI is InChI=1S/C16H24N2O/c1-12-5-7-18(8-6-12)11-14-3-4-16-15(9-14)17-10-13(2)19-16/h3-4,9,12-13,17H,5-8,10-11H2,1-2H3. The van der Waals surface area contributed by atoms with E-state index in [1.807, 2.05) is 0 Å². The van der Waals surface area contributed by atoms with Crippen molar-refractivity contribution >= 4 is 5.69 Å². The van der Waals surface area contributed by atoms with Crippen LogP contribution in [0.3, 0.4) is 0 Å². The van der Waals surface area contributed by atoms with Crippen LogP contribution in [0.5, 0.6) is 5.75 Å². The van der Waals surface area contributed by atoms with Crippen LogP contribution in [-0.4, -0.2) is 30.6 Å². The summed E-state index contributed by atoms with van der Waals surface area (Å²) in [5, 5.41) is 3.45. The van der Waals surface area contributed by atoms with Gasteiger partial charge in [0.2, 0.25) is 0 Å². The number of rotatable bonds is 2. The van der Waals surface area contributed by atoms with Crippen molar-refractivity contribution in [3.8, 4) is 5.75 Å². The van der Waals surface area contributed by atoms with Gasteiger partial charge in [0, 0.05) is 6.54 Å². The van der Waals surface area contributed by atoms with E-state index >= 15 is 0 Å². The first-order valence-electron chi connectivity index (χ1n) is 7.46. The molecular weight excluding hydrogens is 236 g/mol. The van der Waals surface area contributed by atoms with Crippen LogP contribution in [0.1, 0.15) is 32.3 Å². The molecular formula is C16H24N2O. The number of hydrogen-bond donors (Lipinski definition) is 1. The van der Waals surface area contributed by atoms with E-state index in [9.17, 15) is 0 Å². The van der Waals surface area contributed by atoms with Gasteiger partial charge in [0.15, 0.2) is 0 Å². The van der Waals surface area contributed by atoms with E-state index in [0.717, 1.165) is 30.4 Å². The van der Waals surface area contributed by atoms with Gasteiger partial charge in [-0.05, 0) is 56.5 Å². The molecule has 2 aliphatic rings. The average Bonchev–Trinajstić information content (AvgIpc) is 2.42. The molecule has 0 spiro atoms. The zero-order valence-corrected chi connectivity index (χ0v) is 12.0. The fraction of sp³-hybridized carbons (Fsp3) is 0.625. The molecule has 3 nitrogen and oxygen atoms in total. The lowest BCUT2D eigenvalue weighted by atomic mass is 9.99. The van der Waals surface area contributed by atoms with Crippen molar-refractivity contribution in [1.82, 2.24) is 4.90 Å². The molecule has 1 fully saturated rings. The zero-order chi connectivity index (χ0) is 13.2. The highest BCUT2D eigenvalue weighted by atomic mass is 16.5. The van der Waals surface area contributed by atoms with Gasteiger partial charge in [0.05, 0.1) is 12.2 Å². The predicted octanol–water partition coefficient (Wildman–Crippen LogP) is 3.11. The summed E-state index contributed by atoms with van der Waals surface area (Å²) in [5.74, 6) is 1.89. The Morgan fingerprint density at radius 3 is 2.84 bits per heavy atom. The van der Waals surface area contributed by atoms with Crippen molar-refractivity contribution in [3.05, 3.63) is 23.8 Å². The largest absolute Gasteiger partial charge is 0.487 e. The van der Waals surface area contributed by atoms with Gasteiger partial charge in [0.25, 0.3) is 0 Å². The van der Waals surface area contributed by atoms with Gasteiger partial charge in [-0.3, -0.25) is 4.90 Å². The Labute approximate surface area is 115 Å². The first-order chi connectivity index (χ1) is 9.20. The molecule has 1 unspecified atom stereocenters. The van der Waals surface area contributed by atoms with Crippen LogP contribution in [0, 0.1) is 5.92 Å². The van der Waals surface area contributed by atoms with E-state index in [-0.39, 0.29) is 6.10 Å². The molecule has 0 saturated carbocycles. The lowest BCUT2D eigenvalue weighted by molar-refractivity contribution is 0.185. The molecule has 2 aliphatic heterocycles. The van der Waals surface area contributed by atoms with Crippen LogP contribution in [0.15, 0.2) is 18.2 Å². The van der Waals surface area contributed by atoms with Gasteiger partial charge in [-0.15, -0.1) is 0 Å². The molecule has 1 atom stereocenters. The van der Waals surface area contributed by atoms with E-state index in [1.54, 1.807) is 0 Å². The molecule has 0 amide bonds. The summed E-state index contributed by atoms with van der Waals surface area (Å²) in [6.45, 7) is 8.89. The number of fused-ring (bicyclic) bond motifs is 1. The topological polar surface area (TPSA) is 24.5 Å². The van der Waals surface area contributed by atoms with Crippen molar-refractivity contribution in [1.29, 1.82) is 0 Å². The summed E-state index contributed by atoms with van der Waals surface area (Å²) in [6, 6.07) is 6.57. The summed E-state index contributed by atoms with van der Waals surface area (Å²) >= 11 is 0. The van der Waals surface area contributed by atoms with Crippen molar-refractivity contribution < 1.29 is 4.74 Å². The Bertz CT molecular complexity index is 438. The fourth-order valence-electron chi connectivity index (χ4n) is 2.91. The number of hydrogen-bond acceptors (Lipinski definition) is 3. The molecule has 0 bridgehead atoms. The zero-order valence-electron chi connectivity index (χ0n) is 12.0. The Kier molecular flexibility index (Phi) is 3.65. The third-order valence-corrected chi connectivity index (χ3v) is 4.23. The second kappa shape index (κ2) is 5.41. The number of anilines is 1. The van der Waals surface area contributed by atoms with Gasteiger partial charge < -0.3 is 10.1 Å². The molecule has 2 heterocycles. The third-order valence-electron chi connectivity index (χ3n) is 4.23. The number of ether oxygens (including phenoxy) is 1. The minimum absolute atomic E-state index is 0.266. The molecule has 1 aromatic rings. The van der Waals surface area contributed by atoms with Gasteiger partial charge >= 0.3 is 0 Å². The second-order valence-corrected chi connectivity index (χ2v) is 6.10. The molecule has 0 aromatic heterocycles. The van der Waals surface area contributed by atoms with E-state index in [2.05, 4.69) is 42.3 Å². The molecule has 1 saturated heterocycles. The van der Waals surface area contributed by atoms with E-state index in [4.69, 9.17) is 4.74 Å². The number of piperidine rings is 1. The highest BCUT2D eigenvalue weighted by Crippen LogP contribution is 2.30. The Hall–Kier alpha value is -1.22. The van der Waals surface area contributed by atoms with Crippen LogP contribution in [0.4, 0.5) is 5.69 Å². The van der Waals surface area contributed by atoms with Crippen LogP contribution in [0.25, 0.3) is 0 Å². The van der Waals surface area contributed by atoms with Gasteiger partial charge in [0.1, 0.15) is 11.9 Å². The SMILES string of the molecule is CC1CCN(Cc2ccc3c(c2)NCC(C)O3)CC1. The molecule has 0 aliphatic carbocycles. The molecule has 0 radical (unpaired) electrons. The van der Waals surface area contributed by atoms with Gasteiger partial charge in [-0.2, -0.15) is 0 Å². The van der Waals surface area contributed by atoms with Crippen LogP contribution >= 0.6 is 0 Å². The molecule has 19 heavy (non-hydrogen) atoms. The number of likely N-dealkylation sites (tertiary alicyclic amines) is 1. The summed E-state index contributed by atoms with van der Waals surface area (Å²) in [7, 11) is 0. The summed E-state index contributed by atoms with van der Waals surface area (Å²) in [4.78, 5) is 2.56. The highest BCUT2D eigenvalue weighted by Gasteiger charge is 2.18. The average molecular weight is 260 g/mol. The molecule has 1 N–H and O–H groups in total. The predicted molar refractivity (Wildman–Crippen MR) is 78.7 cm³/mol. The minimum atomic E-state index is 0.266. The number of nitrogens with one attached hydrogen (secondary N) is 1. The molecule has 3 heteroatoms. The van der Waals surface area contributed by atoms with Crippen LogP contribution in [0.2, 0.25) is 0 Å². The lowest BCUT2D eigenvalue weighted by Gasteiger charge is -2.31. The number of nitrogens with zero attached hydrogens (tertiary/aromatic N) is 1. The maximum absolute atomic E-state index is 5.81. The van der Waals surface area contributed by atoms with E-state index in [1.165, 1.54) is 31.5 Å².